The summed E-state index contributed by atoms with van der Waals surface area (Å²) in [6.07, 6.45) is 1.33. The highest BCUT2D eigenvalue weighted by Gasteiger charge is 2.37. The van der Waals surface area contributed by atoms with Gasteiger partial charge in [-0.3, -0.25) is 19.7 Å². The number of carbonyl (C=O) groups excluding carboxylic acids is 4. The first-order chi connectivity index (χ1) is 15.2. The summed E-state index contributed by atoms with van der Waals surface area (Å²) in [6, 6.07) is 8.45. The van der Waals surface area contributed by atoms with Crippen LogP contribution in [0.4, 0.5) is 10.5 Å². The van der Waals surface area contributed by atoms with Crippen LogP contribution in [-0.2, 0) is 14.4 Å². The van der Waals surface area contributed by atoms with Crippen molar-refractivity contribution in [2.75, 3.05) is 18.1 Å². The summed E-state index contributed by atoms with van der Waals surface area (Å²) in [7, 11) is 0. The van der Waals surface area contributed by atoms with Gasteiger partial charge in [0.1, 0.15) is 5.57 Å². The minimum absolute atomic E-state index is 0.228. The molecule has 1 heterocycles. The number of rotatable bonds is 7. The Bertz CT molecular complexity index is 1140. The average Bonchev–Trinajstić information content (AvgIpc) is 2.73. The van der Waals surface area contributed by atoms with Crippen LogP contribution in [0.25, 0.3) is 6.08 Å². The summed E-state index contributed by atoms with van der Waals surface area (Å²) < 4.78 is 10.8. The van der Waals surface area contributed by atoms with Gasteiger partial charge >= 0.3 is 6.03 Å². The van der Waals surface area contributed by atoms with Crippen molar-refractivity contribution in [3.63, 3.8) is 0 Å². The molecule has 9 nitrogen and oxygen atoms in total. The molecule has 1 saturated heterocycles. The van der Waals surface area contributed by atoms with Crippen LogP contribution in [0.3, 0.4) is 0 Å². The van der Waals surface area contributed by atoms with Crippen molar-refractivity contribution in [1.82, 2.24) is 5.32 Å². The third-order valence-electron chi connectivity index (χ3n) is 4.46. The van der Waals surface area contributed by atoms with Gasteiger partial charge in [-0.2, -0.15) is 0 Å². The third kappa shape index (κ3) is 4.89. The van der Waals surface area contributed by atoms with Crippen LogP contribution in [0.2, 0.25) is 5.02 Å². The number of urea groups is 1. The first kappa shape index (κ1) is 22.8. The van der Waals surface area contributed by atoms with Gasteiger partial charge in [-0.1, -0.05) is 23.7 Å². The zero-order valence-corrected chi connectivity index (χ0v) is 18.1. The van der Waals surface area contributed by atoms with Crippen LogP contribution in [0.15, 0.2) is 42.0 Å². The normalized spacial score (nSPS) is 15.0. The highest BCUT2D eigenvalue weighted by atomic mass is 35.5. The Morgan fingerprint density at radius 3 is 2.53 bits per heavy atom. The third-order valence-corrected chi connectivity index (χ3v) is 4.87. The second-order valence-electron chi connectivity index (χ2n) is 6.79. The number of halogens is 1. The van der Waals surface area contributed by atoms with E-state index in [-0.39, 0.29) is 23.6 Å². The molecule has 1 aliphatic rings. The molecule has 0 aromatic heterocycles. The number of benzene rings is 2. The number of hydrogen-bond acceptors (Lipinski definition) is 6. The minimum atomic E-state index is -0.873. The van der Waals surface area contributed by atoms with Gasteiger partial charge < -0.3 is 15.2 Å². The molecule has 0 saturated carbocycles. The molecule has 5 amide bonds. The van der Waals surface area contributed by atoms with Gasteiger partial charge in [0.25, 0.3) is 17.7 Å². The molecule has 0 radical (unpaired) electrons. The smallest absolute Gasteiger partial charge is 0.335 e. The number of amides is 5. The fourth-order valence-electron chi connectivity index (χ4n) is 2.93. The quantitative estimate of drug-likeness (QED) is 0.485. The SMILES string of the molecule is CCOc1cc(/C=C2\C(=O)NC(=O)N(c3ccc(C)c(Cl)c3)C2=O)ccc1OCC(N)=O. The largest absolute Gasteiger partial charge is 0.490 e. The highest BCUT2D eigenvalue weighted by molar-refractivity contribution is 6.39. The van der Waals surface area contributed by atoms with E-state index >= 15 is 0 Å². The summed E-state index contributed by atoms with van der Waals surface area (Å²) in [6.45, 7) is 3.52. The number of barbiturate groups is 1. The van der Waals surface area contributed by atoms with Crippen molar-refractivity contribution in [1.29, 1.82) is 0 Å². The molecule has 166 valence electrons. The lowest BCUT2D eigenvalue weighted by molar-refractivity contribution is -0.123. The maximum atomic E-state index is 13.0. The summed E-state index contributed by atoms with van der Waals surface area (Å²) in [4.78, 5) is 49.6. The van der Waals surface area contributed by atoms with Gasteiger partial charge in [-0.25, -0.2) is 9.69 Å². The Kier molecular flexibility index (Phi) is 6.79. The number of hydrogen-bond donors (Lipinski definition) is 2. The lowest BCUT2D eigenvalue weighted by atomic mass is 10.1. The molecular formula is C22H20ClN3O6. The number of nitrogens with two attached hydrogens (primary N) is 1. The molecule has 3 N–H and O–H groups in total. The van der Waals surface area contributed by atoms with E-state index in [1.54, 1.807) is 32.0 Å². The number of ether oxygens (including phenoxy) is 2. The van der Waals surface area contributed by atoms with Crippen LogP contribution >= 0.6 is 11.6 Å². The summed E-state index contributed by atoms with van der Waals surface area (Å²) >= 11 is 6.12. The average molecular weight is 458 g/mol. The summed E-state index contributed by atoms with van der Waals surface area (Å²) in [5.74, 6) is -1.71. The van der Waals surface area contributed by atoms with Crippen molar-refractivity contribution >= 4 is 47.1 Å². The summed E-state index contributed by atoms with van der Waals surface area (Å²) in [5.41, 5.74) is 6.29. The fraction of sp³-hybridized carbons (Fsp3) is 0.182. The minimum Gasteiger partial charge on any atom is -0.490 e. The van der Waals surface area contributed by atoms with Crippen LogP contribution in [0, 0.1) is 6.92 Å². The van der Waals surface area contributed by atoms with Crippen molar-refractivity contribution in [3.05, 3.63) is 58.1 Å². The number of aryl methyl sites for hydroxylation is 1. The molecule has 0 aliphatic carbocycles. The maximum Gasteiger partial charge on any atom is 0.335 e. The van der Waals surface area contributed by atoms with E-state index in [4.69, 9.17) is 26.8 Å². The van der Waals surface area contributed by atoms with E-state index in [9.17, 15) is 19.2 Å². The molecule has 2 aromatic rings. The standard InChI is InChI=1S/C22H20ClN3O6/c1-3-31-18-9-13(5-7-17(18)32-11-19(24)27)8-15-20(28)25-22(30)26(21(15)29)14-6-4-12(2)16(23)10-14/h4-10H,3,11H2,1-2H3,(H2,24,27)(H,25,28,30)/b15-8+. The van der Waals surface area contributed by atoms with Gasteiger partial charge in [0.15, 0.2) is 18.1 Å². The molecule has 0 bridgehead atoms. The van der Waals surface area contributed by atoms with E-state index in [0.29, 0.717) is 22.9 Å². The van der Waals surface area contributed by atoms with Gasteiger partial charge in [-0.15, -0.1) is 0 Å². The molecule has 32 heavy (non-hydrogen) atoms. The van der Waals surface area contributed by atoms with Gasteiger partial charge in [-0.05, 0) is 55.3 Å². The second kappa shape index (κ2) is 9.52. The zero-order chi connectivity index (χ0) is 23.4. The van der Waals surface area contributed by atoms with E-state index in [0.717, 1.165) is 10.5 Å². The molecule has 1 aliphatic heterocycles. The first-order valence-electron chi connectivity index (χ1n) is 9.56. The highest BCUT2D eigenvalue weighted by Crippen LogP contribution is 2.31. The predicted octanol–water partition coefficient (Wildman–Crippen LogP) is 2.58. The van der Waals surface area contributed by atoms with E-state index < -0.39 is 23.8 Å². The monoisotopic (exact) mass is 457 g/mol. The predicted molar refractivity (Wildman–Crippen MR) is 117 cm³/mol. The molecule has 10 heteroatoms. The van der Waals surface area contributed by atoms with Crippen molar-refractivity contribution in [2.24, 2.45) is 5.73 Å². The van der Waals surface area contributed by atoms with E-state index in [2.05, 4.69) is 5.32 Å². The van der Waals surface area contributed by atoms with Crippen LogP contribution in [0.5, 0.6) is 11.5 Å². The topological polar surface area (TPSA) is 128 Å². The molecule has 2 aromatic carbocycles. The van der Waals surface area contributed by atoms with Crippen LogP contribution < -0.4 is 25.4 Å². The number of primary amides is 1. The Hall–Kier alpha value is -3.85. The Morgan fingerprint density at radius 2 is 1.88 bits per heavy atom. The molecule has 0 atom stereocenters. The molecule has 0 spiro atoms. The number of nitrogens with zero attached hydrogens (tertiary/aromatic N) is 1. The lowest BCUT2D eigenvalue weighted by Crippen LogP contribution is -2.54. The van der Waals surface area contributed by atoms with Crippen LogP contribution in [-0.4, -0.2) is 37.0 Å². The molecular weight excluding hydrogens is 438 g/mol. The lowest BCUT2D eigenvalue weighted by Gasteiger charge is -2.26. The second-order valence-corrected chi connectivity index (χ2v) is 7.19. The first-order valence-corrected chi connectivity index (χ1v) is 9.94. The molecule has 3 rings (SSSR count). The Morgan fingerprint density at radius 1 is 1.12 bits per heavy atom. The van der Waals surface area contributed by atoms with Crippen molar-refractivity contribution < 1.29 is 28.7 Å². The van der Waals surface area contributed by atoms with Crippen LogP contribution in [0.1, 0.15) is 18.1 Å². The number of nitrogens with one attached hydrogen (secondary N) is 1. The van der Waals surface area contributed by atoms with E-state index in [1.807, 2.05) is 0 Å². The van der Waals surface area contributed by atoms with Crippen molar-refractivity contribution in [3.8, 4) is 11.5 Å². The van der Waals surface area contributed by atoms with Gasteiger partial charge in [0.2, 0.25) is 0 Å². The van der Waals surface area contributed by atoms with Gasteiger partial charge in [0, 0.05) is 5.02 Å². The molecule has 1 fully saturated rings. The molecule has 0 unspecified atom stereocenters. The Balaban J connectivity index is 1.97. The van der Waals surface area contributed by atoms with Crippen molar-refractivity contribution in [2.45, 2.75) is 13.8 Å². The fourth-order valence-corrected chi connectivity index (χ4v) is 3.11. The zero-order valence-electron chi connectivity index (χ0n) is 17.3. The summed E-state index contributed by atoms with van der Waals surface area (Å²) in [5, 5.41) is 2.53. The number of imide groups is 2. The maximum absolute atomic E-state index is 13.0. The van der Waals surface area contributed by atoms with E-state index in [1.165, 1.54) is 24.3 Å². The van der Waals surface area contributed by atoms with Gasteiger partial charge in [0.05, 0.1) is 12.3 Å². The number of carbonyl (C=O) groups is 4. The number of anilines is 1. The Labute approximate surface area is 188 Å².